The van der Waals surface area contributed by atoms with E-state index >= 15 is 0 Å². The molecule has 0 saturated carbocycles. The number of rotatable bonds is 4. The molecular formula is C23H28N2O. The van der Waals surface area contributed by atoms with Gasteiger partial charge < -0.3 is 4.90 Å². The first-order chi connectivity index (χ1) is 12.8. The van der Waals surface area contributed by atoms with Crippen molar-refractivity contribution in [3.05, 3.63) is 71.8 Å². The number of carbonyl (C=O) groups is 1. The molecule has 0 spiro atoms. The van der Waals surface area contributed by atoms with Crippen LogP contribution >= 0.6 is 0 Å². The van der Waals surface area contributed by atoms with Crippen LogP contribution in [-0.2, 0) is 11.3 Å². The maximum atomic E-state index is 13.1. The SMILES string of the molecule is O=C([C@H]1CCCN1Cc1ccccc1)N1CCC(c2ccccc2)CC1. The summed E-state index contributed by atoms with van der Waals surface area (Å²) < 4.78 is 0. The van der Waals surface area contributed by atoms with Crippen molar-refractivity contribution < 1.29 is 4.79 Å². The van der Waals surface area contributed by atoms with E-state index in [4.69, 9.17) is 0 Å². The molecule has 2 heterocycles. The molecule has 3 nitrogen and oxygen atoms in total. The molecule has 0 bridgehead atoms. The van der Waals surface area contributed by atoms with Crippen LogP contribution in [0.5, 0.6) is 0 Å². The number of nitrogens with zero attached hydrogens (tertiary/aromatic N) is 2. The fourth-order valence-electron chi connectivity index (χ4n) is 4.48. The molecule has 26 heavy (non-hydrogen) atoms. The minimum Gasteiger partial charge on any atom is -0.341 e. The second kappa shape index (κ2) is 8.05. The van der Waals surface area contributed by atoms with Gasteiger partial charge in [-0.3, -0.25) is 9.69 Å². The Kier molecular flexibility index (Phi) is 5.35. The molecule has 4 rings (SSSR count). The summed E-state index contributed by atoms with van der Waals surface area (Å²) in [5, 5.41) is 0. The first kappa shape index (κ1) is 17.3. The van der Waals surface area contributed by atoms with E-state index in [9.17, 15) is 4.79 Å². The van der Waals surface area contributed by atoms with Crippen molar-refractivity contribution in [2.45, 2.75) is 44.2 Å². The third-order valence-corrected chi connectivity index (χ3v) is 5.95. The molecule has 2 aliphatic rings. The van der Waals surface area contributed by atoms with Crippen molar-refractivity contribution >= 4 is 5.91 Å². The molecular weight excluding hydrogens is 320 g/mol. The lowest BCUT2D eigenvalue weighted by atomic mass is 9.89. The molecule has 2 aromatic rings. The highest BCUT2D eigenvalue weighted by molar-refractivity contribution is 5.82. The lowest BCUT2D eigenvalue weighted by Crippen LogP contribution is -2.48. The fourth-order valence-corrected chi connectivity index (χ4v) is 4.48. The summed E-state index contributed by atoms with van der Waals surface area (Å²) in [6.45, 7) is 3.71. The van der Waals surface area contributed by atoms with Gasteiger partial charge in [-0.1, -0.05) is 60.7 Å². The number of carbonyl (C=O) groups excluding carboxylic acids is 1. The lowest BCUT2D eigenvalue weighted by Gasteiger charge is -2.35. The Labute approximate surface area is 156 Å². The van der Waals surface area contributed by atoms with Gasteiger partial charge in [0.1, 0.15) is 0 Å². The minimum absolute atomic E-state index is 0.0727. The zero-order valence-corrected chi connectivity index (χ0v) is 15.4. The van der Waals surface area contributed by atoms with Gasteiger partial charge in [-0.25, -0.2) is 0 Å². The molecule has 3 heteroatoms. The van der Waals surface area contributed by atoms with E-state index in [0.29, 0.717) is 11.8 Å². The van der Waals surface area contributed by atoms with Gasteiger partial charge in [0.25, 0.3) is 0 Å². The first-order valence-electron chi connectivity index (χ1n) is 9.93. The van der Waals surface area contributed by atoms with Gasteiger partial charge in [0.15, 0.2) is 0 Å². The summed E-state index contributed by atoms with van der Waals surface area (Å²) in [5.41, 5.74) is 2.72. The molecule has 2 aliphatic heterocycles. The summed E-state index contributed by atoms with van der Waals surface area (Å²) >= 11 is 0. The molecule has 0 N–H and O–H groups in total. The average molecular weight is 348 g/mol. The molecule has 0 unspecified atom stereocenters. The summed E-state index contributed by atoms with van der Waals surface area (Å²) in [7, 11) is 0. The van der Waals surface area contributed by atoms with E-state index in [1.54, 1.807) is 0 Å². The van der Waals surface area contributed by atoms with Crippen molar-refractivity contribution in [1.82, 2.24) is 9.80 Å². The second-order valence-corrected chi connectivity index (χ2v) is 7.62. The smallest absolute Gasteiger partial charge is 0.239 e. The summed E-state index contributed by atoms with van der Waals surface area (Å²) in [6.07, 6.45) is 4.30. The average Bonchev–Trinajstić information content (AvgIpc) is 3.17. The van der Waals surface area contributed by atoms with Crippen LogP contribution in [0.1, 0.15) is 42.7 Å². The van der Waals surface area contributed by atoms with Gasteiger partial charge in [-0.15, -0.1) is 0 Å². The Balaban J connectivity index is 1.35. The van der Waals surface area contributed by atoms with Gasteiger partial charge in [0.2, 0.25) is 5.91 Å². The zero-order valence-electron chi connectivity index (χ0n) is 15.4. The van der Waals surface area contributed by atoms with Crippen LogP contribution in [0.3, 0.4) is 0 Å². The van der Waals surface area contributed by atoms with Gasteiger partial charge in [-0.2, -0.15) is 0 Å². The molecule has 2 aromatic carbocycles. The highest BCUT2D eigenvalue weighted by atomic mass is 16.2. The van der Waals surface area contributed by atoms with Gasteiger partial charge in [0, 0.05) is 19.6 Å². The van der Waals surface area contributed by atoms with E-state index in [1.165, 1.54) is 11.1 Å². The molecule has 2 fully saturated rings. The Hall–Kier alpha value is -2.13. The first-order valence-corrected chi connectivity index (χ1v) is 9.93. The summed E-state index contributed by atoms with van der Waals surface area (Å²) in [5.74, 6) is 0.953. The van der Waals surface area contributed by atoms with Crippen molar-refractivity contribution in [3.63, 3.8) is 0 Å². The molecule has 0 radical (unpaired) electrons. The quantitative estimate of drug-likeness (QED) is 0.832. The van der Waals surface area contributed by atoms with Crippen molar-refractivity contribution in [2.24, 2.45) is 0 Å². The van der Waals surface area contributed by atoms with E-state index < -0.39 is 0 Å². The topological polar surface area (TPSA) is 23.6 Å². The Morgan fingerprint density at radius 3 is 2.19 bits per heavy atom. The normalized spacial score (nSPS) is 21.8. The lowest BCUT2D eigenvalue weighted by molar-refractivity contribution is -0.137. The molecule has 0 aliphatic carbocycles. The molecule has 2 saturated heterocycles. The number of amides is 1. The number of likely N-dealkylation sites (tertiary alicyclic amines) is 2. The summed E-state index contributed by atoms with van der Waals surface area (Å²) in [6, 6.07) is 21.4. The number of hydrogen-bond donors (Lipinski definition) is 0. The van der Waals surface area contributed by atoms with Crippen LogP contribution in [0.15, 0.2) is 60.7 Å². The third-order valence-electron chi connectivity index (χ3n) is 5.95. The zero-order chi connectivity index (χ0) is 17.8. The van der Waals surface area contributed by atoms with E-state index in [1.807, 2.05) is 6.07 Å². The van der Waals surface area contributed by atoms with Crippen LogP contribution in [0, 0.1) is 0 Å². The standard InChI is InChI=1S/C23H28N2O/c26-23(22-12-7-15-25(22)18-19-8-3-1-4-9-19)24-16-13-21(14-17-24)20-10-5-2-6-11-20/h1-6,8-11,21-22H,7,12-18H2/t22-/m1/s1. The Bertz CT molecular complexity index is 708. The van der Waals surface area contributed by atoms with Crippen molar-refractivity contribution in [1.29, 1.82) is 0 Å². The van der Waals surface area contributed by atoms with E-state index in [-0.39, 0.29) is 6.04 Å². The Morgan fingerprint density at radius 1 is 0.846 bits per heavy atom. The maximum Gasteiger partial charge on any atom is 0.239 e. The van der Waals surface area contributed by atoms with Crippen molar-refractivity contribution in [3.8, 4) is 0 Å². The predicted molar refractivity (Wildman–Crippen MR) is 105 cm³/mol. The van der Waals surface area contributed by atoms with Crippen LogP contribution in [0.2, 0.25) is 0 Å². The minimum atomic E-state index is 0.0727. The molecule has 1 amide bonds. The molecule has 136 valence electrons. The highest BCUT2D eigenvalue weighted by Crippen LogP contribution is 2.29. The van der Waals surface area contributed by atoms with Gasteiger partial charge >= 0.3 is 0 Å². The molecule has 1 atom stereocenters. The number of benzene rings is 2. The van der Waals surface area contributed by atoms with Crippen LogP contribution in [-0.4, -0.2) is 41.4 Å². The molecule has 0 aromatic heterocycles. The fraction of sp³-hybridized carbons (Fsp3) is 0.435. The third kappa shape index (κ3) is 3.83. The van der Waals surface area contributed by atoms with Gasteiger partial charge in [0.05, 0.1) is 6.04 Å². The second-order valence-electron chi connectivity index (χ2n) is 7.62. The predicted octanol–water partition coefficient (Wildman–Crippen LogP) is 4.06. The number of hydrogen-bond acceptors (Lipinski definition) is 2. The van der Waals surface area contributed by atoms with E-state index in [2.05, 4.69) is 64.4 Å². The monoisotopic (exact) mass is 348 g/mol. The summed E-state index contributed by atoms with van der Waals surface area (Å²) in [4.78, 5) is 17.6. The Morgan fingerprint density at radius 2 is 1.50 bits per heavy atom. The maximum absolute atomic E-state index is 13.1. The van der Waals surface area contributed by atoms with Crippen LogP contribution in [0.4, 0.5) is 0 Å². The van der Waals surface area contributed by atoms with Gasteiger partial charge in [-0.05, 0) is 49.3 Å². The van der Waals surface area contributed by atoms with Crippen molar-refractivity contribution in [2.75, 3.05) is 19.6 Å². The highest BCUT2D eigenvalue weighted by Gasteiger charge is 2.35. The number of piperidine rings is 1. The van der Waals surface area contributed by atoms with Crippen LogP contribution < -0.4 is 0 Å². The van der Waals surface area contributed by atoms with Crippen LogP contribution in [0.25, 0.3) is 0 Å². The van der Waals surface area contributed by atoms with E-state index in [0.717, 1.165) is 51.9 Å². The largest absolute Gasteiger partial charge is 0.341 e.